The van der Waals surface area contributed by atoms with Crippen molar-refractivity contribution in [3.05, 3.63) is 42.5 Å². The van der Waals surface area contributed by atoms with E-state index in [-0.39, 0.29) is 6.03 Å². The number of likely N-dealkylation sites (tertiary alicyclic amines) is 1. The Morgan fingerprint density at radius 2 is 1.71 bits per heavy atom. The standard InChI is InChI=1S/C18H22N2O/c1-13-7-5-8-14(2)20(13)18(21)19-17-12-6-10-15-9-3-4-11-16(15)17/h3-4,6,9-14H,5,7-8H2,1-2H3,(H,19,21). The summed E-state index contributed by atoms with van der Waals surface area (Å²) in [6.45, 7) is 4.27. The van der Waals surface area contributed by atoms with Crippen molar-refractivity contribution in [2.45, 2.75) is 45.2 Å². The molecule has 1 heterocycles. The maximum Gasteiger partial charge on any atom is 0.322 e. The van der Waals surface area contributed by atoms with E-state index < -0.39 is 0 Å². The fraction of sp³-hybridized carbons (Fsp3) is 0.389. The van der Waals surface area contributed by atoms with E-state index in [1.807, 2.05) is 35.2 Å². The van der Waals surface area contributed by atoms with Crippen molar-refractivity contribution in [1.82, 2.24) is 4.90 Å². The van der Waals surface area contributed by atoms with Crippen molar-refractivity contribution >= 4 is 22.5 Å². The molecular weight excluding hydrogens is 260 g/mol. The molecule has 0 bridgehead atoms. The Morgan fingerprint density at radius 1 is 1.05 bits per heavy atom. The highest BCUT2D eigenvalue weighted by Gasteiger charge is 2.29. The first kappa shape index (κ1) is 13.9. The molecule has 1 N–H and O–H groups in total. The number of hydrogen-bond donors (Lipinski definition) is 1. The lowest BCUT2D eigenvalue weighted by atomic mass is 9.98. The SMILES string of the molecule is CC1CCCC(C)N1C(=O)Nc1cccc2ccccc12. The van der Waals surface area contributed by atoms with Crippen molar-refractivity contribution in [3.8, 4) is 0 Å². The molecule has 2 atom stereocenters. The lowest BCUT2D eigenvalue weighted by molar-refractivity contribution is 0.133. The van der Waals surface area contributed by atoms with E-state index in [4.69, 9.17) is 0 Å². The molecule has 3 rings (SSSR count). The summed E-state index contributed by atoms with van der Waals surface area (Å²) < 4.78 is 0. The lowest BCUT2D eigenvalue weighted by Crippen LogP contribution is -2.49. The van der Waals surface area contributed by atoms with Crippen LogP contribution in [0, 0.1) is 0 Å². The van der Waals surface area contributed by atoms with Crippen LogP contribution in [0.1, 0.15) is 33.1 Å². The first-order valence-corrected chi connectivity index (χ1v) is 7.74. The summed E-state index contributed by atoms with van der Waals surface area (Å²) >= 11 is 0. The number of nitrogens with one attached hydrogen (secondary N) is 1. The summed E-state index contributed by atoms with van der Waals surface area (Å²) in [5.41, 5.74) is 0.892. The van der Waals surface area contributed by atoms with Crippen LogP contribution >= 0.6 is 0 Å². The fourth-order valence-corrected chi connectivity index (χ4v) is 3.34. The molecule has 0 aliphatic carbocycles. The van der Waals surface area contributed by atoms with Crippen molar-refractivity contribution in [3.63, 3.8) is 0 Å². The molecule has 0 saturated carbocycles. The predicted molar refractivity (Wildman–Crippen MR) is 87.6 cm³/mol. The van der Waals surface area contributed by atoms with Gasteiger partial charge in [-0.3, -0.25) is 0 Å². The largest absolute Gasteiger partial charge is 0.322 e. The van der Waals surface area contributed by atoms with Gasteiger partial charge < -0.3 is 10.2 Å². The third-order valence-corrected chi connectivity index (χ3v) is 4.46. The van der Waals surface area contributed by atoms with E-state index in [9.17, 15) is 4.79 Å². The van der Waals surface area contributed by atoms with Crippen molar-refractivity contribution < 1.29 is 4.79 Å². The number of carbonyl (C=O) groups is 1. The molecule has 2 aromatic carbocycles. The normalized spacial score (nSPS) is 22.3. The molecule has 1 aliphatic heterocycles. The van der Waals surface area contributed by atoms with Gasteiger partial charge in [-0.15, -0.1) is 0 Å². The zero-order valence-corrected chi connectivity index (χ0v) is 12.7. The number of piperidine rings is 1. The van der Waals surface area contributed by atoms with E-state index in [1.165, 1.54) is 6.42 Å². The van der Waals surface area contributed by atoms with E-state index >= 15 is 0 Å². The van der Waals surface area contributed by atoms with Gasteiger partial charge in [0.1, 0.15) is 0 Å². The first-order valence-electron chi connectivity index (χ1n) is 7.74. The number of anilines is 1. The van der Waals surface area contributed by atoms with Gasteiger partial charge in [-0.05, 0) is 44.6 Å². The highest BCUT2D eigenvalue weighted by atomic mass is 16.2. The highest BCUT2D eigenvalue weighted by Crippen LogP contribution is 2.26. The second-order valence-electron chi connectivity index (χ2n) is 5.99. The molecule has 1 fully saturated rings. The first-order chi connectivity index (χ1) is 10.2. The van der Waals surface area contributed by atoms with Gasteiger partial charge in [-0.1, -0.05) is 36.4 Å². The topological polar surface area (TPSA) is 32.3 Å². The molecule has 3 heteroatoms. The Kier molecular flexibility index (Phi) is 3.82. The average molecular weight is 282 g/mol. The van der Waals surface area contributed by atoms with Gasteiger partial charge in [0, 0.05) is 17.5 Å². The van der Waals surface area contributed by atoms with Crippen molar-refractivity contribution in [2.75, 3.05) is 5.32 Å². The van der Waals surface area contributed by atoms with Crippen LogP contribution in [-0.2, 0) is 0 Å². The molecule has 3 nitrogen and oxygen atoms in total. The van der Waals surface area contributed by atoms with Crippen LogP contribution in [0.25, 0.3) is 10.8 Å². The predicted octanol–water partition coefficient (Wildman–Crippen LogP) is 4.63. The van der Waals surface area contributed by atoms with Gasteiger partial charge in [-0.2, -0.15) is 0 Å². The third-order valence-electron chi connectivity index (χ3n) is 4.46. The Labute approximate surface area is 125 Å². The number of rotatable bonds is 1. The van der Waals surface area contributed by atoms with Crippen LogP contribution in [0.4, 0.5) is 10.5 Å². The summed E-state index contributed by atoms with van der Waals surface area (Å²) in [4.78, 5) is 14.6. The summed E-state index contributed by atoms with van der Waals surface area (Å²) in [6.07, 6.45) is 3.39. The number of urea groups is 1. The van der Waals surface area contributed by atoms with Crippen LogP contribution in [0.15, 0.2) is 42.5 Å². The van der Waals surface area contributed by atoms with Crippen molar-refractivity contribution in [1.29, 1.82) is 0 Å². The smallest absolute Gasteiger partial charge is 0.319 e. The van der Waals surface area contributed by atoms with Gasteiger partial charge in [0.05, 0.1) is 5.69 Å². The number of hydrogen-bond acceptors (Lipinski definition) is 1. The average Bonchev–Trinajstić information content (AvgIpc) is 2.47. The molecule has 2 unspecified atom stereocenters. The number of carbonyl (C=O) groups excluding carboxylic acids is 1. The van der Waals surface area contributed by atoms with Gasteiger partial charge in [-0.25, -0.2) is 4.79 Å². The second kappa shape index (κ2) is 5.76. The highest BCUT2D eigenvalue weighted by molar-refractivity contribution is 6.01. The Hall–Kier alpha value is -2.03. The fourth-order valence-electron chi connectivity index (χ4n) is 3.34. The van der Waals surface area contributed by atoms with Crippen molar-refractivity contribution in [2.24, 2.45) is 0 Å². The maximum atomic E-state index is 12.6. The third kappa shape index (κ3) is 2.73. The molecule has 1 aliphatic rings. The minimum absolute atomic E-state index is 0.0195. The number of amides is 2. The van der Waals surface area contributed by atoms with E-state index in [0.717, 1.165) is 29.3 Å². The number of fused-ring (bicyclic) bond motifs is 1. The summed E-state index contributed by atoms with van der Waals surface area (Å²) in [6, 6.07) is 14.8. The Balaban J connectivity index is 1.86. The van der Waals surface area contributed by atoms with Crippen LogP contribution in [-0.4, -0.2) is 23.0 Å². The van der Waals surface area contributed by atoms with Crippen LogP contribution < -0.4 is 5.32 Å². The molecule has 21 heavy (non-hydrogen) atoms. The maximum absolute atomic E-state index is 12.6. The number of nitrogens with zero attached hydrogens (tertiary/aromatic N) is 1. The number of benzene rings is 2. The van der Waals surface area contributed by atoms with Crippen LogP contribution in [0.3, 0.4) is 0 Å². The molecule has 0 aromatic heterocycles. The molecule has 0 spiro atoms. The second-order valence-corrected chi connectivity index (χ2v) is 5.99. The van der Waals surface area contributed by atoms with E-state index in [1.54, 1.807) is 0 Å². The quantitative estimate of drug-likeness (QED) is 0.812. The van der Waals surface area contributed by atoms with E-state index in [0.29, 0.717) is 12.1 Å². The summed E-state index contributed by atoms with van der Waals surface area (Å²) in [5.74, 6) is 0. The van der Waals surface area contributed by atoms with E-state index in [2.05, 4.69) is 31.3 Å². The van der Waals surface area contributed by atoms with Crippen LogP contribution in [0.5, 0.6) is 0 Å². The molecule has 0 radical (unpaired) electrons. The monoisotopic (exact) mass is 282 g/mol. The zero-order valence-electron chi connectivity index (χ0n) is 12.7. The molecule has 1 saturated heterocycles. The minimum atomic E-state index is 0.0195. The van der Waals surface area contributed by atoms with Crippen LogP contribution in [0.2, 0.25) is 0 Å². The van der Waals surface area contributed by atoms with Gasteiger partial charge >= 0.3 is 6.03 Å². The van der Waals surface area contributed by atoms with Gasteiger partial charge in [0.25, 0.3) is 0 Å². The molecule has 2 aromatic rings. The zero-order chi connectivity index (χ0) is 14.8. The Bertz CT molecular complexity index is 637. The van der Waals surface area contributed by atoms with Gasteiger partial charge in [0.15, 0.2) is 0 Å². The lowest BCUT2D eigenvalue weighted by Gasteiger charge is -2.39. The molecule has 110 valence electrons. The van der Waals surface area contributed by atoms with Gasteiger partial charge in [0.2, 0.25) is 0 Å². The Morgan fingerprint density at radius 3 is 2.48 bits per heavy atom. The summed E-state index contributed by atoms with van der Waals surface area (Å²) in [7, 11) is 0. The molecular formula is C18H22N2O. The molecule has 2 amide bonds. The summed E-state index contributed by atoms with van der Waals surface area (Å²) in [5, 5.41) is 5.34. The minimum Gasteiger partial charge on any atom is -0.319 e.